The minimum absolute atomic E-state index is 0.288. The predicted molar refractivity (Wildman–Crippen MR) is 114 cm³/mol. The first-order chi connectivity index (χ1) is 13.9. The van der Waals surface area contributed by atoms with Crippen molar-refractivity contribution in [3.8, 4) is 11.3 Å². The lowest BCUT2D eigenvalue weighted by Gasteiger charge is -2.23. The zero-order valence-electron chi connectivity index (χ0n) is 15.4. The molecule has 0 aliphatic carbocycles. The number of oxazole rings is 1. The van der Waals surface area contributed by atoms with Crippen LogP contribution in [0.3, 0.4) is 0 Å². The van der Waals surface area contributed by atoms with Gasteiger partial charge in [0.05, 0.1) is 6.20 Å². The van der Waals surface area contributed by atoms with E-state index < -0.39 is 10.2 Å². The summed E-state index contributed by atoms with van der Waals surface area (Å²) in [4.78, 5) is 4.25. The second-order valence-electron chi connectivity index (χ2n) is 6.62. The molecule has 4 rings (SSSR count). The molecule has 1 aromatic heterocycles. The molecule has 3 aromatic rings. The number of halogens is 1. The van der Waals surface area contributed by atoms with Crippen molar-refractivity contribution in [1.29, 1.82) is 0 Å². The van der Waals surface area contributed by atoms with Gasteiger partial charge < -0.3 is 9.73 Å². The lowest BCUT2D eigenvalue weighted by atomic mass is 9.99. The van der Waals surface area contributed by atoms with Crippen molar-refractivity contribution in [2.75, 3.05) is 18.4 Å². The third-order valence-electron chi connectivity index (χ3n) is 4.65. The fraction of sp³-hybridized carbons (Fsp3) is 0.150. The first-order valence-corrected chi connectivity index (χ1v) is 10.8. The van der Waals surface area contributed by atoms with Gasteiger partial charge in [0.15, 0.2) is 5.76 Å². The number of nitrogens with zero attached hydrogens (tertiary/aromatic N) is 2. The lowest BCUT2D eigenvalue weighted by molar-refractivity contribution is 0.442. The molecule has 9 heteroatoms. The van der Waals surface area contributed by atoms with Crippen LogP contribution in [0.2, 0.25) is 5.02 Å². The van der Waals surface area contributed by atoms with Crippen LogP contribution < -0.4 is 10.5 Å². The molecule has 29 heavy (non-hydrogen) atoms. The Morgan fingerprint density at radius 2 is 1.90 bits per heavy atom. The highest BCUT2D eigenvalue weighted by atomic mass is 35.5. The van der Waals surface area contributed by atoms with Crippen molar-refractivity contribution in [2.24, 2.45) is 5.14 Å². The summed E-state index contributed by atoms with van der Waals surface area (Å²) >= 11 is 5.99. The summed E-state index contributed by atoms with van der Waals surface area (Å²) in [6.07, 6.45) is 4.17. The number of hydrogen-bond acceptors (Lipinski definition) is 5. The normalized spacial score (nSPS) is 15.2. The Labute approximate surface area is 174 Å². The molecule has 1 aliphatic rings. The fourth-order valence-corrected chi connectivity index (χ4v) is 3.97. The molecular weight excluding hydrogens is 412 g/mol. The second kappa shape index (κ2) is 8.00. The number of nitrogens with two attached hydrogens (primary N) is 1. The maximum Gasteiger partial charge on any atom is 0.299 e. The van der Waals surface area contributed by atoms with Crippen LogP contribution >= 0.6 is 11.6 Å². The van der Waals surface area contributed by atoms with Gasteiger partial charge >= 0.3 is 0 Å². The minimum Gasteiger partial charge on any atom is -0.423 e. The Kier molecular flexibility index (Phi) is 5.42. The highest BCUT2D eigenvalue weighted by molar-refractivity contribution is 7.86. The van der Waals surface area contributed by atoms with Gasteiger partial charge in [-0.05, 0) is 35.8 Å². The van der Waals surface area contributed by atoms with Gasteiger partial charge in [-0.2, -0.15) is 12.7 Å². The van der Waals surface area contributed by atoms with Crippen molar-refractivity contribution in [3.63, 3.8) is 0 Å². The van der Waals surface area contributed by atoms with E-state index >= 15 is 0 Å². The largest absolute Gasteiger partial charge is 0.423 e. The van der Waals surface area contributed by atoms with Crippen LogP contribution in [0.25, 0.3) is 16.9 Å². The highest BCUT2D eigenvalue weighted by Gasteiger charge is 2.20. The third-order valence-corrected chi connectivity index (χ3v) is 5.94. The molecule has 1 aliphatic heterocycles. The van der Waals surface area contributed by atoms with Gasteiger partial charge in [0.25, 0.3) is 16.2 Å². The van der Waals surface area contributed by atoms with E-state index in [4.69, 9.17) is 21.2 Å². The van der Waals surface area contributed by atoms with Crippen molar-refractivity contribution in [2.45, 2.75) is 6.42 Å². The van der Waals surface area contributed by atoms with E-state index in [1.165, 1.54) is 4.31 Å². The summed E-state index contributed by atoms with van der Waals surface area (Å²) in [6.45, 7) is 0.670. The monoisotopic (exact) mass is 430 g/mol. The van der Waals surface area contributed by atoms with Gasteiger partial charge in [0.2, 0.25) is 0 Å². The van der Waals surface area contributed by atoms with Crippen molar-refractivity contribution < 1.29 is 12.8 Å². The van der Waals surface area contributed by atoms with E-state index in [1.807, 2.05) is 42.5 Å². The molecule has 0 saturated carbocycles. The van der Waals surface area contributed by atoms with Crippen molar-refractivity contribution in [3.05, 3.63) is 71.4 Å². The van der Waals surface area contributed by atoms with Gasteiger partial charge in [0, 0.05) is 29.4 Å². The number of hydrogen-bond donors (Lipinski definition) is 2. The number of aromatic nitrogens is 1. The molecule has 150 valence electrons. The Hall–Kier alpha value is -2.65. The maximum atomic E-state index is 11.4. The molecule has 2 heterocycles. The van der Waals surface area contributed by atoms with Gasteiger partial charge in [-0.15, -0.1) is 0 Å². The summed E-state index contributed by atoms with van der Waals surface area (Å²) in [5.74, 6) is 0.638. The molecule has 0 radical (unpaired) electrons. The first-order valence-electron chi connectivity index (χ1n) is 8.94. The van der Waals surface area contributed by atoms with E-state index in [0.717, 1.165) is 22.4 Å². The molecule has 0 bridgehead atoms. The van der Waals surface area contributed by atoms with E-state index in [1.54, 1.807) is 18.3 Å². The van der Waals surface area contributed by atoms with Crippen LogP contribution in [0.15, 0.2) is 65.2 Å². The molecule has 0 saturated heterocycles. The van der Waals surface area contributed by atoms with Crippen molar-refractivity contribution >= 4 is 39.1 Å². The standard InChI is InChI=1S/C20H19ClN4O3S/c21-17-2-1-3-18(12-17)24-20-23-13-19(28-20)16-6-4-14(5-7-16)15-8-10-25(11-9-15)29(22,26)27/h1-8,12-13H,9-11H2,(H,23,24)(H2,22,26,27). The summed E-state index contributed by atoms with van der Waals surface area (Å²) in [5, 5.41) is 8.88. The molecule has 0 amide bonds. The molecule has 0 spiro atoms. The summed E-state index contributed by atoms with van der Waals surface area (Å²) in [5.41, 5.74) is 3.82. The fourth-order valence-electron chi connectivity index (χ4n) is 3.15. The van der Waals surface area contributed by atoms with E-state index in [-0.39, 0.29) is 6.54 Å². The minimum atomic E-state index is -3.64. The average molecular weight is 431 g/mol. The van der Waals surface area contributed by atoms with E-state index in [0.29, 0.717) is 29.8 Å². The van der Waals surface area contributed by atoms with E-state index in [9.17, 15) is 8.42 Å². The topological polar surface area (TPSA) is 101 Å². The molecular formula is C20H19ClN4O3S. The van der Waals surface area contributed by atoms with Gasteiger partial charge in [-0.1, -0.05) is 48.0 Å². The van der Waals surface area contributed by atoms with Crippen LogP contribution in [0, 0.1) is 0 Å². The summed E-state index contributed by atoms with van der Waals surface area (Å²) in [7, 11) is -3.64. The van der Waals surface area contributed by atoms with E-state index in [2.05, 4.69) is 10.3 Å². The van der Waals surface area contributed by atoms with Crippen LogP contribution in [-0.4, -0.2) is 30.8 Å². The smallest absolute Gasteiger partial charge is 0.299 e. The molecule has 2 aromatic carbocycles. The van der Waals surface area contributed by atoms with Gasteiger partial charge in [-0.25, -0.2) is 10.1 Å². The summed E-state index contributed by atoms with van der Waals surface area (Å²) < 4.78 is 29.9. The van der Waals surface area contributed by atoms with Crippen LogP contribution in [0.1, 0.15) is 12.0 Å². The van der Waals surface area contributed by atoms with Crippen molar-refractivity contribution in [1.82, 2.24) is 9.29 Å². The predicted octanol–water partition coefficient (Wildman–Crippen LogP) is 4.03. The SMILES string of the molecule is NS(=O)(=O)N1CC=C(c2ccc(-c3cnc(Nc4cccc(Cl)c4)o3)cc2)CC1. The quantitative estimate of drug-likeness (QED) is 0.636. The molecule has 0 fully saturated rings. The molecule has 0 unspecified atom stereocenters. The Morgan fingerprint density at radius 1 is 1.14 bits per heavy atom. The Bertz CT molecular complexity index is 1160. The van der Waals surface area contributed by atoms with Crippen LogP contribution in [-0.2, 0) is 10.2 Å². The van der Waals surface area contributed by atoms with Gasteiger partial charge in [-0.3, -0.25) is 0 Å². The Balaban J connectivity index is 1.46. The zero-order valence-corrected chi connectivity index (χ0v) is 16.9. The molecule has 0 atom stereocenters. The molecule has 3 N–H and O–H groups in total. The Morgan fingerprint density at radius 3 is 2.55 bits per heavy atom. The lowest BCUT2D eigenvalue weighted by Crippen LogP contribution is -2.39. The van der Waals surface area contributed by atoms with Crippen LogP contribution in [0.5, 0.6) is 0 Å². The maximum absolute atomic E-state index is 11.4. The average Bonchev–Trinajstić information content (AvgIpc) is 3.16. The number of anilines is 2. The third kappa shape index (κ3) is 4.68. The molecule has 7 nitrogen and oxygen atoms in total. The second-order valence-corrected chi connectivity index (χ2v) is 8.61. The first kappa shape index (κ1) is 19.7. The number of nitrogens with one attached hydrogen (secondary N) is 1. The highest BCUT2D eigenvalue weighted by Crippen LogP contribution is 2.28. The summed E-state index contributed by atoms with van der Waals surface area (Å²) in [6, 6.07) is 15.6. The number of rotatable bonds is 5. The van der Waals surface area contributed by atoms with Crippen LogP contribution in [0.4, 0.5) is 11.7 Å². The van der Waals surface area contributed by atoms with Gasteiger partial charge in [0.1, 0.15) is 0 Å². The number of benzene rings is 2. The zero-order chi connectivity index (χ0) is 20.4.